The van der Waals surface area contributed by atoms with Crippen LogP contribution in [0.3, 0.4) is 0 Å². The first-order valence-electron chi connectivity index (χ1n) is 6.44. The number of nitrogens with zero attached hydrogens (tertiary/aromatic N) is 1. The molecule has 0 atom stereocenters. The van der Waals surface area contributed by atoms with Crippen molar-refractivity contribution in [2.24, 2.45) is 4.99 Å². The molecule has 1 aliphatic carbocycles. The first-order valence-corrected chi connectivity index (χ1v) is 9.91. The largest absolute Gasteiger partial charge is 0.249 e. The summed E-state index contributed by atoms with van der Waals surface area (Å²) in [6.45, 7) is 0. The summed E-state index contributed by atoms with van der Waals surface area (Å²) < 4.78 is 64.7. The van der Waals surface area contributed by atoms with Crippen LogP contribution in [0.2, 0.25) is 17.4 Å². The molecule has 0 fully saturated rings. The maximum absolute atomic E-state index is 13.2. The lowest BCUT2D eigenvalue weighted by molar-refractivity contribution is 0.381. The van der Waals surface area contributed by atoms with Crippen LogP contribution in [0.4, 0.5) is 27.6 Å². The number of allylic oxidation sites excluding steroid dienone is 3. The van der Waals surface area contributed by atoms with Gasteiger partial charge in [0.15, 0.2) is 23.3 Å². The van der Waals surface area contributed by atoms with E-state index in [1.54, 1.807) is 6.08 Å². The predicted octanol–water partition coefficient (Wildman–Crippen LogP) is 5.11. The minimum Gasteiger partial charge on any atom is -0.249 e. The molecule has 1 aliphatic rings. The lowest BCUT2D eigenvalue weighted by Gasteiger charge is -2.03. The molecule has 0 aromatic heterocycles. The van der Waals surface area contributed by atoms with Crippen LogP contribution in [0.15, 0.2) is 34.5 Å². The Morgan fingerprint density at radius 1 is 0.909 bits per heavy atom. The SMILES string of the molecule is Fc1c(F)c(F)c(N=CC2=C=CC=C2)c(F)c1F.[CH3][Al-]([CH3])[CH3]. The van der Waals surface area contributed by atoms with Crippen LogP contribution in [0.5, 0.6) is 0 Å². The van der Waals surface area contributed by atoms with E-state index in [1.165, 1.54) is 12.2 Å². The smallest absolute Gasteiger partial charge is 0.200 e. The third-order valence-corrected chi connectivity index (χ3v) is 2.14. The molecule has 2 rings (SSSR count). The maximum atomic E-state index is 13.2. The highest BCUT2D eigenvalue weighted by atomic mass is 27.2. The molecule has 1 nitrogen and oxygen atoms in total. The average molecular weight is 329 g/mol. The molecule has 0 aliphatic heterocycles. The van der Waals surface area contributed by atoms with Crippen LogP contribution in [-0.2, 0) is 0 Å². The number of hydrogen-bond acceptors (Lipinski definition) is 1. The highest BCUT2D eigenvalue weighted by molar-refractivity contribution is 6.54. The fraction of sp³-hybridized carbons (Fsp3) is 0.200. The van der Waals surface area contributed by atoms with Gasteiger partial charge in [0.2, 0.25) is 5.82 Å². The quantitative estimate of drug-likeness (QED) is 0.179. The minimum atomic E-state index is -2.20. The van der Waals surface area contributed by atoms with Crippen molar-refractivity contribution in [1.29, 1.82) is 0 Å². The van der Waals surface area contributed by atoms with E-state index in [4.69, 9.17) is 0 Å². The molecule has 0 saturated heterocycles. The number of halogens is 5. The summed E-state index contributed by atoms with van der Waals surface area (Å²) in [5.41, 5.74) is 1.77. The van der Waals surface area contributed by atoms with Gasteiger partial charge in [-0.1, -0.05) is 6.08 Å². The van der Waals surface area contributed by atoms with Crippen LogP contribution < -0.4 is 0 Å². The van der Waals surface area contributed by atoms with Crippen molar-refractivity contribution in [3.05, 3.63) is 58.6 Å². The van der Waals surface area contributed by atoms with Gasteiger partial charge in [-0.25, -0.2) is 44.3 Å². The number of aliphatic imine (C=N–C) groups is 1. The summed E-state index contributed by atoms with van der Waals surface area (Å²) in [6.07, 6.45) is 5.56. The second kappa shape index (κ2) is 8.09. The van der Waals surface area contributed by atoms with Crippen molar-refractivity contribution in [1.82, 2.24) is 0 Å². The first-order chi connectivity index (χ1) is 10.3. The van der Waals surface area contributed by atoms with Crippen molar-refractivity contribution in [2.45, 2.75) is 17.4 Å². The second-order valence-corrected chi connectivity index (χ2v) is 8.50. The van der Waals surface area contributed by atoms with Crippen molar-refractivity contribution in [3.8, 4) is 0 Å². The van der Waals surface area contributed by atoms with E-state index in [-0.39, 0.29) is 14.1 Å². The Morgan fingerprint density at radius 3 is 1.77 bits per heavy atom. The second-order valence-electron chi connectivity index (χ2n) is 5.03. The number of benzene rings is 1. The summed E-state index contributed by atoms with van der Waals surface area (Å²) in [4.78, 5) is 3.26. The third-order valence-electron chi connectivity index (χ3n) is 2.14. The normalized spacial score (nSPS) is 12.9. The van der Waals surface area contributed by atoms with Gasteiger partial charge < -0.3 is 0 Å². The van der Waals surface area contributed by atoms with Crippen LogP contribution in [-0.4, -0.2) is 20.4 Å². The average Bonchev–Trinajstić information content (AvgIpc) is 2.96. The highest BCUT2D eigenvalue weighted by Gasteiger charge is 2.25. The van der Waals surface area contributed by atoms with E-state index in [2.05, 4.69) is 28.1 Å². The van der Waals surface area contributed by atoms with Crippen LogP contribution in [0.1, 0.15) is 0 Å². The number of hydrogen-bond donors (Lipinski definition) is 0. The van der Waals surface area contributed by atoms with E-state index in [9.17, 15) is 22.0 Å². The molecule has 0 N–H and O–H groups in total. The molecule has 1 aromatic rings. The summed E-state index contributed by atoms with van der Waals surface area (Å²) in [7, 11) is 0. The van der Waals surface area contributed by atoms with Crippen molar-refractivity contribution in [2.75, 3.05) is 0 Å². The third kappa shape index (κ3) is 4.67. The molecule has 0 spiro atoms. The Kier molecular flexibility index (Phi) is 6.76. The van der Waals surface area contributed by atoms with Crippen molar-refractivity contribution < 1.29 is 22.0 Å². The maximum Gasteiger partial charge on any atom is 0.200 e. The molecule has 0 amide bonds. The lowest BCUT2D eigenvalue weighted by Crippen LogP contribution is -2.00. The van der Waals surface area contributed by atoms with Gasteiger partial charge in [-0.2, -0.15) is 0 Å². The summed E-state index contributed by atoms with van der Waals surface area (Å²) in [5.74, 6) is -3.26. The topological polar surface area (TPSA) is 12.4 Å². The molecular weight excluding hydrogens is 316 g/mol. The predicted molar refractivity (Wildman–Crippen MR) is 78.5 cm³/mol. The van der Waals surface area contributed by atoms with E-state index >= 15 is 0 Å². The van der Waals surface area contributed by atoms with E-state index in [0.717, 1.165) is 6.21 Å². The van der Waals surface area contributed by atoms with E-state index in [0.29, 0.717) is 5.57 Å². The summed E-state index contributed by atoms with van der Waals surface area (Å²) in [5, 5.41) is 0. The molecule has 1 radical (unpaired) electrons. The standard InChI is InChI=1S/C12H4F5N.3CH3.Al/c13-7-8(14)10(16)12(11(17)9(7)15)18-5-6-3-1-2-4-6;;;;/h1-3,5H;3*1H3;/q;;;;-1. The Labute approximate surface area is 129 Å². The van der Waals surface area contributed by atoms with Crippen molar-refractivity contribution in [3.63, 3.8) is 0 Å². The summed E-state index contributed by atoms with van der Waals surface area (Å²) >= 11 is -0.139. The van der Waals surface area contributed by atoms with Crippen LogP contribution in [0, 0.1) is 29.1 Å². The van der Waals surface area contributed by atoms with Crippen LogP contribution >= 0.6 is 0 Å². The van der Waals surface area contributed by atoms with Gasteiger partial charge in [0.25, 0.3) is 0 Å². The van der Waals surface area contributed by atoms with E-state index in [1.807, 2.05) is 0 Å². The molecule has 117 valence electrons. The Bertz CT molecular complexity index is 654. The zero-order valence-electron chi connectivity index (χ0n) is 12.2. The lowest BCUT2D eigenvalue weighted by atomic mass is 10.2. The molecular formula is C15H13AlF5N-. The Balaban J connectivity index is 0.000000541. The van der Waals surface area contributed by atoms with E-state index < -0.39 is 34.8 Å². The zero-order chi connectivity index (χ0) is 16.9. The molecule has 7 heteroatoms. The monoisotopic (exact) mass is 329 g/mol. The molecule has 0 unspecified atom stereocenters. The van der Waals surface area contributed by atoms with Gasteiger partial charge in [-0.3, -0.25) is 0 Å². The fourth-order valence-corrected chi connectivity index (χ4v) is 1.27. The van der Waals surface area contributed by atoms with Gasteiger partial charge in [0.05, 0.1) is 0 Å². The van der Waals surface area contributed by atoms with Gasteiger partial charge in [-0.15, -0.1) is 5.73 Å². The molecule has 0 saturated carbocycles. The first kappa shape index (κ1) is 18.4. The molecule has 0 bridgehead atoms. The molecule has 0 heterocycles. The minimum absolute atomic E-state index is 0.139. The van der Waals surface area contributed by atoms with Gasteiger partial charge in [0.1, 0.15) is 5.69 Å². The molecule has 22 heavy (non-hydrogen) atoms. The zero-order valence-corrected chi connectivity index (χ0v) is 13.4. The Hall–Kier alpha value is -1.67. The van der Waals surface area contributed by atoms with Gasteiger partial charge in [0, 0.05) is 11.8 Å². The highest BCUT2D eigenvalue weighted by Crippen LogP contribution is 2.29. The Morgan fingerprint density at radius 2 is 1.36 bits per heavy atom. The fourth-order valence-electron chi connectivity index (χ4n) is 1.27. The molecule has 1 aromatic carbocycles. The van der Waals surface area contributed by atoms with Gasteiger partial charge in [-0.05, 0) is 26.3 Å². The number of rotatable bonds is 2. The van der Waals surface area contributed by atoms with Crippen molar-refractivity contribution >= 4 is 26.1 Å². The van der Waals surface area contributed by atoms with Crippen LogP contribution in [0.25, 0.3) is 0 Å². The van der Waals surface area contributed by atoms with Gasteiger partial charge >= 0.3 is 0 Å². The summed E-state index contributed by atoms with van der Waals surface area (Å²) in [6, 6.07) is 0.